The zero-order chi connectivity index (χ0) is 22.7. The van der Waals surface area contributed by atoms with Gasteiger partial charge in [0.25, 0.3) is 0 Å². The number of carbonyl (C=O) groups excluding carboxylic acids is 2. The molecule has 1 aromatic carbocycles. The molecule has 1 aromatic rings. The number of amides is 1. The lowest BCUT2D eigenvalue weighted by Gasteiger charge is -2.21. The Hall–Kier alpha value is -1.97. The molecular formula is C22H34N2O6S. The fourth-order valence-electron chi connectivity index (χ4n) is 3.52. The van der Waals surface area contributed by atoms with Gasteiger partial charge in [0.15, 0.2) is 0 Å². The van der Waals surface area contributed by atoms with E-state index in [0.717, 1.165) is 31.2 Å². The quantitative estimate of drug-likeness (QED) is 0.476. The largest absolute Gasteiger partial charge is 0.465 e. The van der Waals surface area contributed by atoms with Crippen molar-refractivity contribution in [2.75, 3.05) is 46.5 Å². The first-order valence-electron chi connectivity index (χ1n) is 10.9. The molecule has 0 N–H and O–H groups in total. The second kappa shape index (κ2) is 12.8. The number of hydrogen-bond acceptors (Lipinski definition) is 6. The molecule has 1 amide bonds. The molecule has 1 fully saturated rings. The van der Waals surface area contributed by atoms with E-state index in [1.165, 1.54) is 12.0 Å². The summed E-state index contributed by atoms with van der Waals surface area (Å²) in [6.45, 7) is 3.64. The van der Waals surface area contributed by atoms with Crippen LogP contribution in [0.15, 0.2) is 29.2 Å². The minimum absolute atomic E-state index is 0.108. The summed E-state index contributed by atoms with van der Waals surface area (Å²) in [5.74, 6) is -0.624. The summed E-state index contributed by atoms with van der Waals surface area (Å²) in [4.78, 5) is 26.1. The second-order valence-corrected chi connectivity index (χ2v) is 9.51. The van der Waals surface area contributed by atoms with Crippen LogP contribution < -0.4 is 0 Å². The highest BCUT2D eigenvalue weighted by Gasteiger charge is 2.25. The molecule has 8 nitrogen and oxygen atoms in total. The molecule has 0 aromatic heterocycles. The summed E-state index contributed by atoms with van der Waals surface area (Å²) in [5, 5.41) is 0. The van der Waals surface area contributed by atoms with Crippen LogP contribution >= 0.6 is 0 Å². The van der Waals surface area contributed by atoms with Crippen LogP contribution in [0, 0.1) is 0 Å². The third kappa shape index (κ3) is 7.90. The maximum Gasteiger partial charge on any atom is 0.325 e. The van der Waals surface area contributed by atoms with Crippen molar-refractivity contribution in [3.63, 3.8) is 0 Å². The predicted octanol–water partition coefficient (Wildman–Crippen LogP) is 2.22. The number of nitrogens with zero attached hydrogens (tertiary/aromatic N) is 2. The average molecular weight is 455 g/mol. The van der Waals surface area contributed by atoms with Crippen LogP contribution in [0.5, 0.6) is 0 Å². The number of hydrogen-bond donors (Lipinski definition) is 0. The van der Waals surface area contributed by atoms with Gasteiger partial charge >= 0.3 is 5.97 Å². The van der Waals surface area contributed by atoms with Crippen molar-refractivity contribution in [1.29, 1.82) is 0 Å². The second-order valence-electron chi connectivity index (χ2n) is 7.58. The van der Waals surface area contributed by atoms with E-state index in [9.17, 15) is 18.0 Å². The number of sulfonamides is 1. The predicted molar refractivity (Wildman–Crippen MR) is 117 cm³/mol. The molecule has 1 aliphatic heterocycles. The monoisotopic (exact) mass is 454 g/mol. The number of benzene rings is 1. The molecule has 31 heavy (non-hydrogen) atoms. The zero-order valence-corrected chi connectivity index (χ0v) is 19.4. The molecule has 0 unspecified atom stereocenters. The molecule has 0 spiro atoms. The van der Waals surface area contributed by atoms with E-state index in [1.807, 2.05) is 0 Å². The van der Waals surface area contributed by atoms with Gasteiger partial charge in [-0.2, -0.15) is 4.31 Å². The fourth-order valence-corrected chi connectivity index (χ4v) is 5.04. The van der Waals surface area contributed by atoms with Gasteiger partial charge in [0.05, 0.1) is 18.1 Å². The normalized spacial score (nSPS) is 15.3. The number of ether oxygens (including phenoxy) is 2. The minimum Gasteiger partial charge on any atom is -0.465 e. The van der Waals surface area contributed by atoms with Crippen LogP contribution in [0.2, 0.25) is 0 Å². The molecule has 0 radical (unpaired) electrons. The van der Waals surface area contributed by atoms with Crippen molar-refractivity contribution >= 4 is 21.9 Å². The molecule has 1 aliphatic rings. The molecule has 1 heterocycles. The lowest BCUT2D eigenvalue weighted by molar-refractivity contribution is -0.149. The highest BCUT2D eigenvalue weighted by atomic mass is 32.2. The summed E-state index contributed by atoms with van der Waals surface area (Å²) in [7, 11) is -1.95. The van der Waals surface area contributed by atoms with Crippen LogP contribution in [0.3, 0.4) is 0 Å². The SMILES string of the molecule is CCOC(=O)CN(CCOC)C(=O)CCc1ccc(S(=O)(=O)N2CCCCCC2)cc1. The standard InChI is InChI=1S/C22H34N2O6S/c1-3-30-22(26)18-23(16-17-29-2)21(25)13-10-19-8-11-20(12-9-19)31(27,28)24-14-6-4-5-7-15-24/h8-9,11-12H,3-7,10,13-18H2,1-2H3. The average Bonchev–Trinajstić information content (AvgIpc) is 3.05. The summed E-state index contributed by atoms with van der Waals surface area (Å²) in [5.41, 5.74) is 0.867. The van der Waals surface area contributed by atoms with E-state index < -0.39 is 16.0 Å². The van der Waals surface area contributed by atoms with E-state index in [4.69, 9.17) is 9.47 Å². The molecule has 0 atom stereocenters. The molecule has 0 bridgehead atoms. The summed E-state index contributed by atoms with van der Waals surface area (Å²) >= 11 is 0. The Kier molecular flexibility index (Phi) is 10.4. The van der Waals surface area contributed by atoms with Crippen LogP contribution in [-0.4, -0.2) is 76.0 Å². The first-order chi connectivity index (χ1) is 14.9. The van der Waals surface area contributed by atoms with Crippen LogP contribution in [-0.2, 0) is 35.5 Å². The Balaban J connectivity index is 1.96. The Morgan fingerprint density at radius 2 is 1.71 bits per heavy atom. The Bertz CT molecular complexity index is 802. The van der Waals surface area contributed by atoms with Gasteiger partial charge in [-0.3, -0.25) is 9.59 Å². The molecule has 1 saturated heterocycles. The van der Waals surface area contributed by atoms with E-state index >= 15 is 0 Å². The molecular weight excluding hydrogens is 420 g/mol. The minimum atomic E-state index is -3.48. The third-order valence-corrected chi connectivity index (χ3v) is 7.21. The topological polar surface area (TPSA) is 93.2 Å². The molecule has 174 valence electrons. The highest BCUT2D eigenvalue weighted by Crippen LogP contribution is 2.21. The number of esters is 1. The van der Waals surface area contributed by atoms with E-state index in [1.54, 1.807) is 35.5 Å². The van der Waals surface area contributed by atoms with Crippen LogP contribution in [0.1, 0.15) is 44.6 Å². The van der Waals surface area contributed by atoms with Crippen molar-refractivity contribution in [2.24, 2.45) is 0 Å². The van der Waals surface area contributed by atoms with E-state index in [0.29, 0.717) is 32.7 Å². The van der Waals surface area contributed by atoms with Crippen molar-refractivity contribution in [3.8, 4) is 0 Å². The van der Waals surface area contributed by atoms with Crippen molar-refractivity contribution in [3.05, 3.63) is 29.8 Å². The van der Waals surface area contributed by atoms with Gasteiger partial charge in [-0.25, -0.2) is 8.42 Å². The van der Waals surface area contributed by atoms with Crippen molar-refractivity contribution < 1.29 is 27.5 Å². The zero-order valence-electron chi connectivity index (χ0n) is 18.5. The van der Waals surface area contributed by atoms with Gasteiger partial charge in [0.1, 0.15) is 6.54 Å². The maximum atomic E-state index is 12.9. The van der Waals surface area contributed by atoms with Gasteiger partial charge in [-0.15, -0.1) is 0 Å². The molecule has 2 rings (SSSR count). The molecule has 9 heteroatoms. The molecule has 0 aliphatic carbocycles. The fraction of sp³-hybridized carbons (Fsp3) is 0.636. The Labute approximate surface area is 185 Å². The van der Waals surface area contributed by atoms with Gasteiger partial charge in [0.2, 0.25) is 15.9 Å². The van der Waals surface area contributed by atoms with Crippen molar-refractivity contribution in [2.45, 2.75) is 50.3 Å². The Morgan fingerprint density at radius 1 is 1.06 bits per heavy atom. The van der Waals surface area contributed by atoms with E-state index in [-0.39, 0.29) is 30.4 Å². The number of carbonyl (C=O) groups is 2. The number of methoxy groups -OCH3 is 1. The first kappa shape index (κ1) is 25.3. The number of rotatable bonds is 11. The van der Waals surface area contributed by atoms with Gasteiger partial charge in [-0.1, -0.05) is 25.0 Å². The Morgan fingerprint density at radius 3 is 2.29 bits per heavy atom. The van der Waals surface area contributed by atoms with Crippen LogP contribution in [0.25, 0.3) is 0 Å². The van der Waals surface area contributed by atoms with Crippen LogP contribution in [0.4, 0.5) is 0 Å². The van der Waals surface area contributed by atoms with Gasteiger partial charge < -0.3 is 14.4 Å². The maximum absolute atomic E-state index is 12.9. The van der Waals surface area contributed by atoms with E-state index in [2.05, 4.69) is 0 Å². The van der Waals surface area contributed by atoms with Gasteiger partial charge in [-0.05, 0) is 43.9 Å². The smallest absolute Gasteiger partial charge is 0.325 e. The lowest BCUT2D eigenvalue weighted by Crippen LogP contribution is -2.38. The number of aryl methyl sites for hydroxylation is 1. The highest BCUT2D eigenvalue weighted by molar-refractivity contribution is 7.89. The summed E-state index contributed by atoms with van der Waals surface area (Å²) in [6, 6.07) is 6.73. The molecule has 0 saturated carbocycles. The van der Waals surface area contributed by atoms with Gasteiger partial charge in [0, 0.05) is 33.2 Å². The van der Waals surface area contributed by atoms with Crippen molar-refractivity contribution in [1.82, 2.24) is 9.21 Å². The third-order valence-electron chi connectivity index (χ3n) is 5.30. The summed E-state index contributed by atoms with van der Waals surface area (Å²) in [6.07, 6.45) is 4.58. The summed E-state index contributed by atoms with van der Waals surface area (Å²) < 4.78 is 37.3. The lowest BCUT2D eigenvalue weighted by atomic mass is 10.1. The first-order valence-corrected chi connectivity index (χ1v) is 12.3.